The first kappa shape index (κ1) is 15.1. The van der Waals surface area contributed by atoms with Gasteiger partial charge in [0.15, 0.2) is 0 Å². The SMILES string of the molecule is CCN(Cc1ccco1)CC1(C(=O)O)CCCCCC1. The Morgan fingerprint density at radius 2 is 2.05 bits per heavy atom. The van der Waals surface area contributed by atoms with E-state index in [0.29, 0.717) is 13.1 Å². The first-order chi connectivity index (χ1) is 9.66. The Bertz CT molecular complexity index is 405. The van der Waals surface area contributed by atoms with Crippen LogP contribution in [-0.4, -0.2) is 29.1 Å². The minimum atomic E-state index is -0.628. The summed E-state index contributed by atoms with van der Waals surface area (Å²) >= 11 is 0. The molecule has 0 aliphatic heterocycles. The molecule has 1 fully saturated rings. The molecule has 1 aliphatic rings. The number of furan rings is 1. The molecule has 0 spiro atoms. The van der Waals surface area contributed by atoms with Gasteiger partial charge in [-0.15, -0.1) is 0 Å². The summed E-state index contributed by atoms with van der Waals surface area (Å²) in [7, 11) is 0. The summed E-state index contributed by atoms with van der Waals surface area (Å²) in [4.78, 5) is 14.0. The van der Waals surface area contributed by atoms with Crippen LogP contribution in [0.25, 0.3) is 0 Å². The monoisotopic (exact) mass is 279 g/mol. The molecule has 0 amide bonds. The standard InChI is InChI=1S/C16H25NO3/c1-2-17(12-14-8-7-11-20-14)13-16(15(18)19)9-5-3-4-6-10-16/h7-8,11H,2-6,9-10,12-13H2,1H3,(H,18,19). The average Bonchev–Trinajstić information content (AvgIpc) is 2.82. The van der Waals surface area contributed by atoms with Crippen LogP contribution in [0.4, 0.5) is 0 Å². The predicted octanol–water partition coefficient (Wildman–Crippen LogP) is 3.53. The van der Waals surface area contributed by atoms with Crippen molar-refractivity contribution in [3.63, 3.8) is 0 Å². The van der Waals surface area contributed by atoms with Crippen LogP contribution >= 0.6 is 0 Å². The third kappa shape index (κ3) is 3.63. The van der Waals surface area contributed by atoms with E-state index in [1.165, 1.54) is 12.8 Å². The third-order valence-corrected chi connectivity index (χ3v) is 4.45. The predicted molar refractivity (Wildman–Crippen MR) is 77.4 cm³/mol. The highest BCUT2D eigenvalue weighted by Gasteiger charge is 2.39. The van der Waals surface area contributed by atoms with Gasteiger partial charge in [0.25, 0.3) is 0 Å². The molecule has 4 heteroatoms. The Morgan fingerprint density at radius 3 is 2.55 bits per heavy atom. The number of carboxylic acid groups (broad SMARTS) is 1. The van der Waals surface area contributed by atoms with Crippen LogP contribution in [-0.2, 0) is 11.3 Å². The molecular formula is C16H25NO3. The first-order valence-corrected chi connectivity index (χ1v) is 7.64. The van der Waals surface area contributed by atoms with Gasteiger partial charge in [-0.2, -0.15) is 0 Å². The van der Waals surface area contributed by atoms with E-state index in [-0.39, 0.29) is 0 Å². The molecule has 1 N–H and O–H groups in total. The van der Waals surface area contributed by atoms with E-state index in [1.54, 1.807) is 6.26 Å². The van der Waals surface area contributed by atoms with Crippen molar-refractivity contribution >= 4 is 5.97 Å². The summed E-state index contributed by atoms with van der Waals surface area (Å²) < 4.78 is 5.38. The van der Waals surface area contributed by atoms with Gasteiger partial charge in [0.1, 0.15) is 5.76 Å². The number of hydrogen-bond acceptors (Lipinski definition) is 3. The Balaban J connectivity index is 2.06. The first-order valence-electron chi connectivity index (χ1n) is 7.64. The van der Waals surface area contributed by atoms with Crippen molar-refractivity contribution in [2.24, 2.45) is 5.41 Å². The van der Waals surface area contributed by atoms with E-state index in [0.717, 1.165) is 38.0 Å². The van der Waals surface area contributed by atoms with E-state index < -0.39 is 11.4 Å². The molecule has 1 aromatic rings. The lowest BCUT2D eigenvalue weighted by atomic mass is 9.80. The second-order valence-electron chi connectivity index (χ2n) is 5.88. The minimum Gasteiger partial charge on any atom is -0.481 e. The molecule has 0 radical (unpaired) electrons. The number of carbonyl (C=O) groups is 1. The van der Waals surface area contributed by atoms with E-state index in [9.17, 15) is 9.90 Å². The van der Waals surface area contributed by atoms with E-state index in [1.807, 2.05) is 12.1 Å². The molecular weight excluding hydrogens is 254 g/mol. The van der Waals surface area contributed by atoms with Crippen LogP contribution in [0.15, 0.2) is 22.8 Å². The molecule has 112 valence electrons. The van der Waals surface area contributed by atoms with Crippen molar-refractivity contribution in [1.29, 1.82) is 0 Å². The second kappa shape index (κ2) is 6.93. The van der Waals surface area contributed by atoms with Crippen molar-refractivity contribution in [2.45, 2.75) is 52.0 Å². The van der Waals surface area contributed by atoms with Crippen LogP contribution in [0.2, 0.25) is 0 Å². The van der Waals surface area contributed by atoms with E-state index in [4.69, 9.17) is 4.42 Å². The second-order valence-corrected chi connectivity index (χ2v) is 5.88. The molecule has 1 aliphatic carbocycles. The zero-order chi connectivity index (χ0) is 14.4. The highest BCUT2D eigenvalue weighted by atomic mass is 16.4. The van der Waals surface area contributed by atoms with E-state index >= 15 is 0 Å². The molecule has 1 saturated carbocycles. The van der Waals surface area contributed by atoms with Crippen LogP contribution in [0.5, 0.6) is 0 Å². The van der Waals surface area contributed by atoms with Gasteiger partial charge in [-0.3, -0.25) is 9.69 Å². The summed E-state index contributed by atoms with van der Waals surface area (Å²) in [5.41, 5.74) is -0.570. The average molecular weight is 279 g/mol. The van der Waals surface area contributed by atoms with Gasteiger partial charge in [0.2, 0.25) is 0 Å². The van der Waals surface area contributed by atoms with E-state index in [2.05, 4.69) is 11.8 Å². The number of rotatable bonds is 6. The van der Waals surface area contributed by atoms with Crippen LogP contribution < -0.4 is 0 Å². The lowest BCUT2D eigenvalue weighted by Gasteiger charge is -2.33. The Kier molecular flexibility index (Phi) is 5.24. The van der Waals surface area contributed by atoms with Crippen molar-refractivity contribution in [3.8, 4) is 0 Å². The molecule has 0 atom stereocenters. The van der Waals surface area contributed by atoms with Crippen molar-refractivity contribution in [3.05, 3.63) is 24.2 Å². The molecule has 0 unspecified atom stereocenters. The molecule has 1 aromatic heterocycles. The van der Waals surface area contributed by atoms with Crippen LogP contribution in [0.1, 0.15) is 51.2 Å². The zero-order valence-electron chi connectivity index (χ0n) is 12.3. The fourth-order valence-corrected chi connectivity index (χ4v) is 3.18. The maximum Gasteiger partial charge on any atom is 0.310 e. The number of aliphatic carboxylic acids is 1. The fraction of sp³-hybridized carbons (Fsp3) is 0.688. The van der Waals surface area contributed by atoms with Gasteiger partial charge in [0.05, 0.1) is 18.2 Å². The summed E-state index contributed by atoms with van der Waals surface area (Å²) in [6.07, 6.45) is 7.67. The van der Waals surface area contributed by atoms with Crippen molar-refractivity contribution in [2.75, 3.05) is 13.1 Å². The lowest BCUT2D eigenvalue weighted by molar-refractivity contribution is -0.151. The maximum absolute atomic E-state index is 11.8. The van der Waals surface area contributed by atoms with Crippen molar-refractivity contribution in [1.82, 2.24) is 4.90 Å². The van der Waals surface area contributed by atoms with Gasteiger partial charge >= 0.3 is 5.97 Å². The molecule has 4 nitrogen and oxygen atoms in total. The Labute approximate surface area is 120 Å². The minimum absolute atomic E-state index is 0.570. The number of nitrogens with zero attached hydrogens (tertiary/aromatic N) is 1. The molecule has 2 rings (SSSR count). The molecule has 20 heavy (non-hydrogen) atoms. The topological polar surface area (TPSA) is 53.7 Å². The number of carboxylic acids is 1. The van der Waals surface area contributed by atoms with Crippen molar-refractivity contribution < 1.29 is 14.3 Å². The van der Waals surface area contributed by atoms with Gasteiger partial charge in [-0.05, 0) is 31.5 Å². The van der Waals surface area contributed by atoms with Gasteiger partial charge in [0, 0.05) is 6.54 Å². The molecule has 1 heterocycles. The van der Waals surface area contributed by atoms with Gasteiger partial charge in [-0.25, -0.2) is 0 Å². The smallest absolute Gasteiger partial charge is 0.310 e. The maximum atomic E-state index is 11.8. The quantitative estimate of drug-likeness (QED) is 0.809. The van der Waals surface area contributed by atoms with Gasteiger partial charge in [-0.1, -0.05) is 32.6 Å². The fourth-order valence-electron chi connectivity index (χ4n) is 3.18. The summed E-state index contributed by atoms with van der Waals surface area (Å²) in [5, 5.41) is 9.73. The molecule has 0 saturated heterocycles. The lowest BCUT2D eigenvalue weighted by Crippen LogP contribution is -2.42. The normalized spacial score (nSPS) is 18.9. The highest BCUT2D eigenvalue weighted by molar-refractivity contribution is 5.75. The third-order valence-electron chi connectivity index (χ3n) is 4.45. The Morgan fingerprint density at radius 1 is 1.35 bits per heavy atom. The molecule has 0 aromatic carbocycles. The van der Waals surface area contributed by atoms with Crippen LogP contribution in [0.3, 0.4) is 0 Å². The molecule has 0 bridgehead atoms. The largest absolute Gasteiger partial charge is 0.481 e. The summed E-state index contributed by atoms with van der Waals surface area (Å²) in [6, 6.07) is 3.82. The summed E-state index contributed by atoms with van der Waals surface area (Å²) in [5.74, 6) is 0.276. The number of hydrogen-bond donors (Lipinski definition) is 1. The van der Waals surface area contributed by atoms with Gasteiger partial charge < -0.3 is 9.52 Å². The Hall–Kier alpha value is -1.29. The van der Waals surface area contributed by atoms with Crippen LogP contribution in [0, 0.1) is 5.41 Å². The zero-order valence-corrected chi connectivity index (χ0v) is 12.3. The highest BCUT2D eigenvalue weighted by Crippen LogP contribution is 2.36. The summed E-state index contributed by atoms with van der Waals surface area (Å²) in [6.45, 7) is 4.24.